The fraction of sp³-hybridized carbons (Fsp3) is 0.316. The smallest absolute Gasteiger partial charge is 0.337 e. The first-order valence-electron chi connectivity index (χ1n) is 7.81. The van der Waals surface area contributed by atoms with Gasteiger partial charge in [0.2, 0.25) is 0 Å². The third-order valence-corrected chi connectivity index (χ3v) is 4.45. The second-order valence-corrected chi connectivity index (χ2v) is 5.98. The van der Waals surface area contributed by atoms with E-state index in [1.807, 2.05) is 30.3 Å². The lowest BCUT2D eigenvalue weighted by molar-refractivity contribution is 0.0384. The minimum Gasteiger partial charge on any atom is -0.465 e. The van der Waals surface area contributed by atoms with Gasteiger partial charge >= 0.3 is 5.97 Å². The highest BCUT2D eigenvalue weighted by atomic mass is 16.5. The van der Waals surface area contributed by atoms with E-state index in [9.17, 15) is 9.90 Å². The first-order chi connectivity index (χ1) is 11.1. The minimum atomic E-state index is -0.789. The van der Waals surface area contributed by atoms with Gasteiger partial charge in [0, 0.05) is 13.1 Å². The Morgan fingerprint density at radius 3 is 2.70 bits per heavy atom. The molecule has 1 atom stereocenters. The largest absolute Gasteiger partial charge is 0.465 e. The van der Waals surface area contributed by atoms with Gasteiger partial charge in [-0.05, 0) is 41.7 Å². The lowest BCUT2D eigenvalue weighted by Crippen LogP contribution is -2.35. The van der Waals surface area contributed by atoms with Gasteiger partial charge in [-0.15, -0.1) is 0 Å². The minimum absolute atomic E-state index is 0.332. The number of esters is 1. The second-order valence-electron chi connectivity index (χ2n) is 5.98. The van der Waals surface area contributed by atoms with Crippen molar-refractivity contribution in [2.45, 2.75) is 25.0 Å². The lowest BCUT2D eigenvalue weighted by Gasteiger charge is -2.24. The predicted molar refractivity (Wildman–Crippen MR) is 88.1 cm³/mol. The van der Waals surface area contributed by atoms with Crippen LogP contribution >= 0.6 is 0 Å². The summed E-state index contributed by atoms with van der Waals surface area (Å²) >= 11 is 0. The van der Waals surface area contributed by atoms with E-state index in [-0.39, 0.29) is 5.97 Å². The summed E-state index contributed by atoms with van der Waals surface area (Å²) in [5.74, 6) is -0.332. The second kappa shape index (κ2) is 6.52. The molecule has 0 amide bonds. The molecule has 0 spiro atoms. The van der Waals surface area contributed by atoms with Crippen LogP contribution in [0.4, 0.5) is 0 Å². The molecule has 0 aromatic heterocycles. The summed E-state index contributed by atoms with van der Waals surface area (Å²) in [4.78, 5) is 11.4. The first-order valence-corrected chi connectivity index (χ1v) is 7.81. The van der Waals surface area contributed by atoms with E-state index in [0.29, 0.717) is 18.7 Å². The maximum atomic E-state index is 11.4. The Kier molecular flexibility index (Phi) is 4.46. The van der Waals surface area contributed by atoms with E-state index in [2.05, 4.69) is 16.1 Å². The quantitative estimate of drug-likeness (QED) is 0.833. The molecular formula is C19H21NO3. The van der Waals surface area contributed by atoms with Crippen molar-refractivity contribution >= 4 is 5.97 Å². The molecule has 23 heavy (non-hydrogen) atoms. The normalized spacial score (nSPS) is 19.4. The van der Waals surface area contributed by atoms with Crippen LogP contribution in [0.5, 0.6) is 0 Å². The van der Waals surface area contributed by atoms with Crippen LogP contribution in [0.2, 0.25) is 0 Å². The summed E-state index contributed by atoms with van der Waals surface area (Å²) in [6.45, 7) is 1.16. The van der Waals surface area contributed by atoms with Crippen LogP contribution in [-0.4, -0.2) is 24.7 Å². The summed E-state index contributed by atoms with van der Waals surface area (Å²) < 4.78 is 4.68. The Morgan fingerprint density at radius 1 is 1.22 bits per heavy atom. The van der Waals surface area contributed by atoms with E-state index in [1.54, 1.807) is 12.1 Å². The monoisotopic (exact) mass is 311 g/mol. The molecule has 1 aliphatic rings. The van der Waals surface area contributed by atoms with Crippen molar-refractivity contribution in [3.63, 3.8) is 0 Å². The number of nitrogens with one attached hydrogen (secondary N) is 1. The number of aryl methyl sites for hydroxylation is 1. The van der Waals surface area contributed by atoms with E-state index in [4.69, 9.17) is 0 Å². The number of carbonyl (C=O) groups excluding carboxylic acids is 1. The van der Waals surface area contributed by atoms with Gasteiger partial charge in [0.15, 0.2) is 0 Å². The summed E-state index contributed by atoms with van der Waals surface area (Å²) in [5.41, 5.74) is 3.09. The number of hydrogen-bond acceptors (Lipinski definition) is 4. The van der Waals surface area contributed by atoms with Crippen molar-refractivity contribution in [3.8, 4) is 0 Å². The van der Waals surface area contributed by atoms with Crippen molar-refractivity contribution in [2.24, 2.45) is 0 Å². The maximum absolute atomic E-state index is 11.4. The highest BCUT2D eigenvalue weighted by molar-refractivity contribution is 5.89. The Labute approximate surface area is 136 Å². The molecule has 0 saturated carbocycles. The SMILES string of the molecule is COC(=O)c1ccc(CNCC2(O)CCc3ccccc32)cc1. The van der Waals surface area contributed by atoms with Gasteiger partial charge in [-0.3, -0.25) is 0 Å². The van der Waals surface area contributed by atoms with Crippen LogP contribution in [0.15, 0.2) is 48.5 Å². The van der Waals surface area contributed by atoms with Crippen molar-refractivity contribution in [2.75, 3.05) is 13.7 Å². The molecule has 4 heteroatoms. The average molecular weight is 311 g/mol. The van der Waals surface area contributed by atoms with Crippen molar-refractivity contribution in [3.05, 3.63) is 70.8 Å². The van der Waals surface area contributed by atoms with Crippen molar-refractivity contribution in [1.82, 2.24) is 5.32 Å². The standard InChI is InChI=1S/C19H21NO3/c1-23-18(21)16-8-6-14(7-9-16)12-20-13-19(22)11-10-15-4-2-3-5-17(15)19/h2-9,20,22H,10-13H2,1H3. The third kappa shape index (κ3) is 3.28. The first kappa shape index (κ1) is 15.7. The topological polar surface area (TPSA) is 58.6 Å². The van der Waals surface area contributed by atoms with Crippen molar-refractivity contribution in [1.29, 1.82) is 0 Å². The van der Waals surface area contributed by atoms with Crippen LogP contribution in [0, 0.1) is 0 Å². The number of carbonyl (C=O) groups is 1. The Morgan fingerprint density at radius 2 is 1.96 bits per heavy atom. The highest BCUT2D eigenvalue weighted by Crippen LogP contribution is 2.36. The van der Waals surface area contributed by atoms with Gasteiger partial charge in [-0.2, -0.15) is 0 Å². The molecule has 1 aliphatic carbocycles. The van der Waals surface area contributed by atoms with Crippen LogP contribution in [-0.2, 0) is 23.3 Å². The predicted octanol–water partition coefficient (Wildman–Crippen LogP) is 2.40. The number of hydrogen-bond donors (Lipinski definition) is 2. The van der Waals surface area contributed by atoms with Gasteiger partial charge in [0.1, 0.15) is 5.60 Å². The van der Waals surface area contributed by atoms with E-state index < -0.39 is 5.60 Å². The van der Waals surface area contributed by atoms with E-state index in [1.165, 1.54) is 12.7 Å². The highest BCUT2D eigenvalue weighted by Gasteiger charge is 2.35. The summed E-state index contributed by atoms with van der Waals surface area (Å²) in [7, 11) is 1.37. The third-order valence-electron chi connectivity index (χ3n) is 4.45. The lowest BCUT2D eigenvalue weighted by atomic mass is 9.96. The number of methoxy groups -OCH3 is 1. The van der Waals surface area contributed by atoms with Crippen molar-refractivity contribution < 1.29 is 14.6 Å². The Balaban J connectivity index is 1.59. The summed E-state index contributed by atoms with van der Waals surface area (Å²) in [6, 6.07) is 15.4. The molecule has 1 unspecified atom stereocenters. The summed E-state index contributed by atoms with van der Waals surface area (Å²) in [6.07, 6.45) is 1.67. The van der Waals surface area contributed by atoms with Crippen LogP contribution in [0.25, 0.3) is 0 Å². The number of rotatable bonds is 5. The molecule has 2 aromatic carbocycles. The fourth-order valence-electron chi connectivity index (χ4n) is 3.14. The molecule has 2 aromatic rings. The van der Waals surface area contributed by atoms with Gasteiger partial charge in [0.25, 0.3) is 0 Å². The number of fused-ring (bicyclic) bond motifs is 1. The Hall–Kier alpha value is -2.17. The molecule has 120 valence electrons. The molecule has 0 bridgehead atoms. The zero-order chi connectivity index (χ0) is 16.3. The van der Waals surface area contributed by atoms with E-state index >= 15 is 0 Å². The molecular weight excluding hydrogens is 290 g/mol. The number of aliphatic hydroxyl groups is 1. The Bertz CT molecular complexity index is 696. The fourth-order valence-corrected chi connectivity index (χ4v) is 3.14. The molecule has 0 saturated heterocycles. The number of ether oxygens (including phenoxy) is 1. The molecule has 0 aliphatic heterocycles. The molecule has 0 heterocycles. The zero-order valence-electron chi connectivity index (χ0n) is 13.2. The van der Waals surface area contributed by atoms with Gasteiger partial charge < -0.3 is 15.2 Å². The molecule has 0 fully saturated rings. The molecule has 2 N–H and O–H groups in total. The average Bonchev–Trinajstić information content (AvgIpc) is 2.93. The van der Waals surface area contributed by atoms with Gasteiger partial charge in [0.05, 0.1) is 12.7 Å². The molecule has 3 rings (SSSR count). The number of benzene rings is 2. The zero-order valence-corrected chi connectivity index (χ0v) is 13.2. The van der Waals surface area contributed by atoms with E-state index in [0.717, 1.165) is 24.0 Å². The van der Waals surface area contributed by atoms with Crippen LogP contribution < -0.4 is 5.32 Å². The van der Waals surface area contributed by atoms with Gasteiger partial charge in [-0.25, -0.2) is 4.79 Å². The molecule has 0 radical (unpaired) electrons. The maximum Gasteiger partial charge on any atom is 0.337 e. The van der Waals surface area contributed by atoms with Crippen LogP contribution in [0.1, 0.15) is 33.5 Å². The summed E-state index contributed by atoms with van der Waals surface area (Å²) in [5, 5.41) is 14.2. The van der Waals surface area contributed by atoms with Gasteiger partial charge in [-0.1, -0.05) is 36.4 Å². The molecule has 4 nitrogen and oxygen atoms in total. The van der Waals surface area contributed by atoms with Crippen LogP contribution in [0.3, 0.4) is 0 Å².